The summed E-state index contributed by atoms with van der Waals surface area (Å²) >= 11 is 3.37. The summed E-state index contributed by atoms with van der Waals surface area (Å²) in [5, 5.41) is 13.4. The number of nitrogens with one attached hydrogen (secondary N) is 2. The molecule has 100 valence electrons. The van der Waals surface area contributed by atoms with Gasteiger partial charge in [-0.3, -0.25) is 4.79 Å². The van der Waals surface area contributed by atoms with E-state index in [1.807, 2.05) is 42.5 Å². The van der Waals surface area contributed by atoms with Gasteiger partial charge in [-0.25, -0.2) is 0 Å². The number of anilines is 1. The zero-order valence-corrected chi connectivity index (χ0v) is 12.0. The summed E-state index contributed by atoms with van der Waals surface area (Å²) in [7, 11) is 0. The highest BCUT2D eigenvalue weighted by molar-refractivity contribution is 9.10. The Morgan fingerprint density at radius 2 is 1.95 bits per heavy atom. The lowest BCUT2D eigenvalue weighted by Crippen LogP contribution is -2.14. The number of amides is 1. The van der Waals surface area contributed by atoms with E-state index in [9.17, 15) is 4.79 Å². The number of H-pyrrole nitrogens is 1. The molecule has 2 N–H and O–H groups in total. The first-order valence-electron chi connectivity index (χ1n) is 6.06. The molecule has 0 aliphatic rings. The number of fused-ring (bicyclic) bond motifs is 1. The number of hydrogen-bond donors (Lipinski definition) is 2. The zero-order chi connectivity index (χ0) is 13.9. The molecule has 2 aromatic carbocycles. The number of carbonyl (C=O) groups excluding carboxylic acids is 1. The maximum absolute atomic E-state index is 12.1. The van der Waals surface area contributed by atoms with Crippen molar-refractivity contribution < 1.29 is 4.79 Å². The number of nitrogens with zero attached hydrogens (tertiary/aromatic N) is 2. The van der Waals surface area contributed by atoms with Crippen LogP contribution in [0.5, 0.6) is 0 Å². The van der Waals surface area contributed by atoms with Crippen molar-refractivity contribution >= 4 is 38.6 Å². The molecule has 20 heavy (non-hydrogen) atoms. The molecule has 0 saturated carbocycles. The van der Waals surface area contributed by atoms with Crippen molar-refractivity contribution in [2.45, 2.75) is 6.42 Å². The average Bonchev–Trinajstić information content (AvgIpc) is 2.91. The number of para-hydroxylation sites is 1. The quantitative estimate of drug-likeness (QED) is 0.775. The summed E-state index contributed by atoms with van der Waals surface area (Å²) in [6, 6.07) is 13.1. The Kier molecular flexibility index (Phi) is 3.47. The van der Waals surface area contributed by atoms with Gasteiger partial charge in [0, 0.05) is 4.47 Å². The maximum atomic E-state index is 12.1. The zero-order valence-electron chi connectivity index (χ0n) is 10.4. The standard InChI is InChI=1S/C14H11BrN4O/c15-10-6-4-9(5-7-10)8-13(20)16-11-2-1-3-12-14(11)18-19-17-12/h1-7H,8H2,(H,16,20)(H,17,18,19). The highest BCUT2D eigenvalue weighted by Crippen LogP contribution is 2.19. The fourth-order valence-corrected chi connectivity index (χ4v) is 2.22. The van der Waals surface area contributed by atoms with Gasteiger partial charge in [0.2, 0.25) is 5.91 Å². The summed E-state index contributed by atoms with van der Waals surface area (Å²) in [4.78, 5) is 12.1. The molecule has 0 aliphatic carbocycles. The van der Waals surface area contributed by atoms with Gasteiger partial charge in [-0.1, -0.05) is 34.1 Å². The van der Waals surface area contributed by atoms with E-state index in [0.29, 0.717) is 17.6 Å². The molecule has 0 unspecified atom stereocenters. The summed E-state index contributed by atoms with van der Waals surface area (Å²) < 4.78 is 0.994. The lowest BCUT2D eigenvalue weighted by molar-refractivity contribution is -0.115. The first-order valence-corrected chi connectivity index (χ1v) is 6.85. The monoisotopic (exact) mass is 330 g/mol. The molecular weight excluding hydrogens is 320 g/mol. The lowest BCUT2D eigenvalue weighted by Gasteiger charge is -2.05. The highest BCUT2D eigenvalue weighted by atomic mass is 79.9. The molecule has 1 amide bonds. The van der Waals surface area contributed by atoms with Crippen LogP contribution in [0.1, 0.15) is 5.56 Å². The Labute approximate surface area is 123 Å². The normalized spacial score (nSPS) is 10.7. The second kappa shape index (κ2) is 5.42. The fraction of sp³-hybridized carbons (Fsp3) is 0.0714. The number of aromatic amines is 1. The van der Waals surface area contributed by atoms with E-state index in [0.717, 1.165) is 15.6 Å². The third-order valence-electron chi connectivity index (χ3n) is 2.90. The minimum atomic E-state index is -0.0807. The molecule has 0 spiro atoms. The van der Waals surface area contributed by atoms with Crippen molar-refractivity contribution in [1.82, 2.24) is 15.4 Å². The Bertz CT molecular complexity index is 751. The molecule has 0 aliphatic heterocycles. The van der Waals surface area contributed by atoms with Gasteiger partial charge >= 0.3 is 0 Å². The van der Waals surface area contributed by atoms with Crippen molar-refractivity contribution in [2.75, 3.05) is 5.32 Å². The number of hydrogen-bond acceptors (Lipinski definition) is 3. The van der Waals surface area contributed by atoms with Gasteiger partial charge in [0.05, 0.1) is 12.1 Å². The molecule has 0 fully saturated rings. The van der Waals surface area contributed by atoms with Crippen LogP contribution in [0, 0.1) is 0 Å². The van der Waals surface area contributed by atoms with Crippen molar-refractivity contribution in [3.05, 3.63) is 52.5 Å². The van der Waals surface area contributed by atoms with Gasteiger partial charge in [0.25, 0.3) is 0 Å². The second-order valence-corrected chi connectivity index (χ2v) is 5.26. The number of aromatic nitrogens is 3. The van der Waals surface area contributed by atoms with Crippen LogP contribution in [0.4, 0.5) is 5.69 Å². The van der Waals surface area contributed by atoms with Gasteiger partial charge in [-0.05, 0) is 29.8 Å². The maximum Gasteiger partial charge on any atom is 0.228 e. The summed E-state index contributed by atoms with van der Waals surface area (Å²) in [6.07, 6.45) is 0.321. The van der Waals surface area contributed by atoms with Crippen LogP contribution in [-0.2, 0) is 11.2 Å². The molecule has 1 aromatic heterocycles. The Balaban J connectivity index is 1.76. The molecule has 5 nitrogen and oxygen atoms in total. The van der Waals surface area contributed by atoms with Crippen LogP contribution in [0.2, 0.25) is 0 Å². The van der Waals surface area contributed by atoms with Crippen molar-refractivity contribution in [3.8, 4) is 0 Å². The number of carbonyl (C=O) groups is 1. The molecule has 1 heterocycles. The predicted molar refractivity (Wildman–Crippen MR) is 80.4 cm³/mol. The van der Waals surface area contributed by atoms with Crippen LogP contribution in [0.25, 0.3) is 11.0 Å². The summed E-state index contributed by atoms with van der Waals surface area (Å²) in [6.45, 7) is 0. The molecule has 0 bridgehead atoms. The molecule has 3 aromatic rings. The molecule has 3 rings (SSSR count). The van der Waals surface area contributed by atoms with Gasteiger partial charge in [-0.15, -0.1) is 0 Å². The second-order valence-electron chi connectivity index (χ2n) is 4.35. The number of benzene rings is 2. The first-order chi connectivity index (χ1) is 9.72. The van der Waals surface area contributed by atoms with Crippen LogP contribution >= 0.6 is 15.9 Å². The highest BCUT2D eigenvalue weighted by Gasteiger charge is 2.09. The molecule has 0 radical (unpaired) electrons. The predicted octanol–water partition coefficient (Wildman–Crippen LogP) is 2.90. The minimum Gasteiger partial charge on any atom is -0.324 e. The topological polar surface area (TPSA) is 70.7 Å². The third-order valence-corrected chi connectivity index (χ3v) is 3.43. The average molecular weight is 331 g/mol. The smallest absolute Gasteiger partial charge is 0.228 e. The van der Waals surface area contributed by atoms with E-state index in [1.54, 1.807) is 0 Å². The number of halogens is 1. The minimum absolute atomic E-state index is 0.0807. The SMILES string of the molecule is O=C(Cc1ccc(Br)cc1)Nc1cccc2n[nH]nc12. The van der Waals surface area contributed by atoms with E-state index in [4.69, 9.17) is 0 Å². The van der Waals surface area contributed by atoms with Gasteiger partial charge in [0.15, 0.2) is 0 Å². The van der Waals surface area contributed by atoms with Gasteiger partial charge in [-0.2, -0.15) is 15.4 Å². The van der Waals surface area contributed by atoms with E-state index >= 15 is 0 Å². The van der Waals surface area contributed by atoms with E-state index in [1.165, 1.54) is 0 Å². The Morgan fingerprint density at radius 1 is 1.15 bits per heavy atom. The molecule has 0 atom stereocenters. The van der Waals surface area contributed by atoms with Gasteiger partial charge < -0.3 is 5.32 Å². The van der Waals surface area contributed by atoms with Crippen molar-refractivity contribution in [1.29, 1.82) is 0 Å². The van der Waals surface area contributed by atoms with Crippen LogP contribution in [-0.4, -0.2) is 21.3 Å². The summed E-state index contributed by atoms with van der Waals surface area (Å²) in [5.74, 6) is -0.0807. The van der Waals surface area contributed by atoms with Crippen molar-refractivity contribution in [3.63, 3.8) is 0 Å². The lowest BCUT2D eigenvalue weighted by atomic mass is 10.1. The van der Waals surface area contributed by atoms with E-state index in [2.05, 4.69) is 36.7 Å². The molecular formula is C14H11BrN4O. The Morgan fingerprint density at radius 3 is 2.75 bits per heavy atom. The summed E-state index contributed by atoms with van der Waals surface area (Å²) in [5.41, 5.74) is 3.01. The van der Waals surface area contributed by atoms with Crippen LogP contribution in [0.15, 0.2) is 46.9 Å². The number of rotatable bonds is 3. The van der Waals surface area contributed by atoms with Gasteiger partial charge in [0.1, 0.15) is 11.0 Å². The fourth-order valence-electron chi connectivity index (χ4n) is 1.95. The molecule has 6 heteroatoms. The van der Waals surface area contributed by atoms with E-state index in [-0.39, 0.29) is 5.91 Å². The Hall–Kier alpha value is -2.21. The van der Waals surface area contributed by atoms with Crippen LogP contribution in [0.3, 0.4) is 0 Å². The largest absolute Gasteiger partial charge is 0.324 e. The van der Waals surface area contributed by atoms with Crippen molar-refractivity contribution in [2.24, 2.45) is 0 Å². The molecule has 0 saturated heterocycles. The third kappa shape index (κ3) is 2.70. The van der Waals surface area contributed by atoms with E-state index < -0.39 is 0 Å². The first kappa shape index (κ1) is 12.8. The van der Waals surface area contributed by atoms with Crippen LogP contribution < -0.4 is 5.32 Å².